The molecular formula is C13H18IN3O3. The maximum Gasteiger partial charge on any atom is 0.293 e. The van der Waals surface area contributed by atoms with Crippen molar-refractivity contribution in [2.24, 2.45) is 0 Å². The van der Waals surface area contributed by atoms with Crippen LogP contribution < -0.4 is 5.32 Å². The van der Waals surface area contributed by atoms with Crippen LogP contribution in [0, 0.1) is 13.7 Å². The summed E-state index contributed by atoms with van der Waals surface area (Å²) in [4.78, 5) is 24.1. The van der Waals surface area contributed by atoms with Crippen molar-refractivity contribution in [1.82, 2.24) is 4.90 Å². The van der Waals surface area contributed by atoms with Crippen molar-refractivity contribution < 1.29 is 9.72 Å². The molecule has 1 rings (SSSR count). The van der Waals surface area contributed by atoms with Crippen LogP contribution in [-0.2, 0) is 4.79 Å². The quantitative estimate of drug-likeness (QED) is 0.441. The second-order valence-corrected chi connectivity index (χ2v) is 5.41. The molecule has 1 N–H and O–H groups in total. The summed E-state index contributed by atoms with van der Waals surface area (Å²) in [6.07, 6.45) is 0.324. The summed E-state index contributed by atoms with van der Waals surface area (Å²) in [5.41, 5.74) is 0.481. The normalized spacial score (nSPS) is 10.2. The number of hydrogen-bond donors (Lipinski definition) is 1. The number of benzene rings is 1. The van der Waals surface area contributed by atoms with E-state index in [1.807, 2.05) is 36.4 Å². The third kappa shape index (κ3) is 4.62. The van der Waals surface area contributed by atoms with Crippen LogP contribution in [0.2, 0.25) is 0 Å². The molecule has 0 spiro atoms. The molecule has 1 aromatic rings. The van der Waals surface area contributed by atoms with Gasteiger partial charge in [0.2, 0.25) is 5.91 Å². The van der Waals surface area contributed by atoms with Crippen LogP contribution >= 0.6 is 22.6 Å². The molecule has 0 saturated carbocycles. The van der Waals surface area contributed by atoms with E-state index < -0.39 is 4.92 Å². The zero-order valence-corrected chi connectivity index (χ0v) is 13.7. The van der Waals surface area contributed by atoms with Gasteiger partial charge in [-0.15, -0.1) is 0 Å². The standard InChI is InChI=1S/C13H18IN3O3/c1-3-16(4-2)13(18)7-8-15-11-6-5-10(14)9-12(11)17(19)20/h5-6,9,15H,3-4,7-8H2,1-2H3. The third-order valence-corrected chi connectivity index (χ3v) is 3.60. The van der Waals surface area contributed by atoms with E-state index in [4.69, 9.17) is 0 Å². The minimum atomic E-state index is -0.420. The van der Waals surface area contributed by atoms with Crippen molar-refractivity contribution in [2.75, 3.05) is 25.0 Å². The molecule has 0 fully saturated rings. The maximum absolute atomic E-state index is 11.8. The first kappa shape index (κ1) is 16.7. The Bertz CT molecular complexity index is 490. The molecule has 0 aliphatic rings. The lowest BCUT2D eigenvalue weighted by Gasteiger charge is -2.18. The van der Waals surface area contributed by atoms with Crippen molar-refractivity contribution >= 4 is 39.9 Å². The average molecular weight is 391 g/mol. The van der Waals surface area contributed by atoms with Crippen LogP contribution in [0.3, 0.4) is 0 Å². The summed E-state index contributed by atoms with van der Waals surface area (Å²) in [7, 11) is 0. The van der Waals surface area contributed by atoms with Gasteiger partial charge in [0.25, 0.3) is 5.69 Å². The molecule has 110 valence electrons. The van der Waals surface area contributed by atoms with E-state index in [1.54, 1.807) is 17.0 Å². The van der Waals surface area contributed by atoms with E-state index >= 15 is 0 Å². The molecule has 0 aliphatic carbocycles. The highest BCUT2D eigenvalue weighted by Crippen LogP contribution is 2.26. The Labute approximate surface area is 131 Å². The maximum atomic E-state index is 11.8. The van der Waals surface area contributed by atoms with Gasteiger partial charge in [-0.1, -0.05) is 0 Å². The second kappa shape index (κ2) is 8.03. The van der Waals surface area contributed by atoms with Gasteiger partial charge in [-0.3, -0.25) is 14.9 Å². The van der Waals surface area contributed by atoms with Gasteiger partial charge < -0.3 is 10.2 Å². The Balaban J connectivity index is 2.62. The van der Waals surface area contributed by atoms with E-state index in [0.717, 1.165) is 3.57 Å². The van der Waals surface area contributed by atoms with Gasteiger partial charge >= 0.3 is 0 Å². The molecule has 0 aromatic heterocycles. The number of hydrogen-bond acceptors (Lipinski definition) is 4. The SMILES string of the molecule is CCN(CC)C(=O)CCNc1ccc(I)cc1[N+](=O)[O-]. The van der Waals surface area contributed by atoms with Crippen LogP contribution in [-0.4, -0.2) is 35.4 Å². The van der Waals surface area contributed by atoms with Crippen molar-refractivity contribution in [2.45, 2.75) is 20.3 Å². The lowest BCUT2D eigenvalue weighted by Crippen LogP contribution is -2.31. The van der Waals surface area contributed by atoms with E-state index in [0.29, 0.717) is 31.7 Å². The fraction of sp³-hybridized carbons (Fsp3) is 0.462. The van der Waals surface area contributed by atoms with E-state index in [-0.39, 0.29) is 11.6 Å². The first-order valence-corrected chi connectivity index (χ1v) is 7.53. The molecule has 20 heavy (non-hydrogen) atoms. The van der Waals surface area contributed by atoms with E-state index in [2.05, 4.69) is 5.32 Å². The molecular weight excluding hydrogens is 373 g/mol. The number of carbonyl (C=O) groups is 1. The second-order valence-electron chi connectivity index (χ2n) is 4.16. The zero-order chi connectivity index (χ0) is 15.1. The first-order valence-electron chi connectivity index (χ1n) is 6.45. The number of anilines is 1. The Kier molecular flexibility index (Phi) is 6.69. The number of nitro groups is 1. The third-order valence-electron chi connectivity index (χ3n) is 2.93. The molecule has 6 nitrogen and oxygen atoms in total. The van der Waals surface area contributed by atoms with Crippen LogP contribution in [0.5, 0.6) is 0 Å². The van der Waals surface area contributed by atoms with Crippen molar-refractivity contribution in [3.8, 4) is 0 Å². The molecule has 0 bridgehead atoms. The summed E-state index contributed by atoms with van der Waals surface area (Å²) in [6.45, 7) is 5.60. The van der Waals surface area contributed by atoms with Gasteiger partial charge in [-0.05, 0) is 48.6 Å². The molecule has 0 radical (unpaired) electrons. The highest BCUT2D eigenvalue weighted by molar-refractivity contribution is 14.1. The molecule has 0 saturated heterocycles. The number of nitrogens with zero attached hydrogens (tertiary/aromatic N) is 2. The summed E-state index contributed by atoms with van der Waals surface area (Å²) in [5.74, 6) is 0.0515. The Morgan fingerprint density at radius 2 is 2.05 bits per heavy atom. The minimum absolute atomic E-state index is 0.0344. The minimum Gasteiger partial charge on any atom is -0.379 e. The molecule has 0 unspecified atom stereocenters. The lowest BCUT2D eigenvalue weighted by atomic mass is 10.2. The van der Waals surface area contributed by atoms with Gasteiger partial charge in [0.15, 0.2) is 0 Å². The van der Waals surface area contributed by atoms with Crippen LogP contribution in [0.1, 0.15) is 20.3 Å². The molecule has 1 aromatic carbocycles. The number of amides is 1. The number of nitro benzene ring substituents is 1. The zero-order valence-electron chi connectivity index (χ0n) is 11.6. The summed E-state index contributed by atoms with van der Waals surface area (Å²) < 4.78 is 0.805. The summed E-state index contributed by atoms with van der Waals surface area (Å²) >= 11 is 2.03. The van der Waals surface area contributed by atoms with Crippen molar-refractivity contribution in [1.29, 1.82) is 0 Å². The smallest absolute Gasteiger partial charge is 0.293 e. The average Bonchev–Trinajstić information content (AvgIpc) is 2.41. The fourth-order valence-electron chi connectivity index (χ4n) is 1.84. The van der Waals surface area contributed by atoms with Gasteiger partial charge in [0.1, 0.15) is 5.69 Å². The number of nitrogens with one attached hydrogen (secondary N) is 1. The largest absolute Gasteiger partial charge is 0.379 e. The predicted octanol–water partition coefficient (Wildman–Crippen LogP) is 2.87. The lowest BCUT2D eigenvalue weighted by molar-refractivity contribution is -0.384. The summed E-state index contributed by atoms with van der Waals surface area (Å²) in [6, 6.07) is 4.97. The molecule has 0 atom stereocenters. The van der Waals surface area contributed by atoms with E-state index in [1.165, 1.54) is 6.07 Å². The van der Waals surface area contributed by atoms with Gasteiger partial charge in [0, 0.05) is 35.7 Å². The molecule has 0 aliphatic heterocycles. The molecule has 7 heteroatoms. The van der Waals surface area contributed by atoms with E-state index in [9.17, 15) is 14.9 Å². The summed E-state index contributed by atoms with van der Waals surface area (Å²) in [5, 5.41) is 13.9. The van der Waals surface area contributed by atoms with Crippen molar-refractivity contribution in [3.63, 3.8) is 0 Å². The van der Waals surface area contributed by atoms with Crippen molar-refractivity contribution in [3.05, 3.63) is 31.9 Å². The highest BCUT2D eigenvalue weighted by Gasteiger charge is 2.14. The number of halogens is 1. The Morgan fingerprint density at radius 3 is 2.60 bits per heavy atom. The topological polar surface area (TPSA) is 75.5 Å². The molecule has 0 heterocycles. The fourth-order valence-corrected chi connectivity index (χ4v) is 2.32. The molecule has 1 amide bonds. The first-order chi connectivity index (χ1) is 9.49. The predicted molar refractivity (Wildman–Crippen MR) is 86.8 cm³/mol. The van der Waals surface area contributed by atoms with Gasteiger partial charge in [-0.25, -0.2) is 0 Å². The van der Waals surface area contributed by atoms with Gasteiger partial charge in [0.05, 0.1) is 4.92 Å². The highest BCUT2D eigenvalue weighted by atomic mass is 127. The Morgan fingerprint density at radius 1 is 1.40 bits per heavy atom. The van der Waals surface area contributed by atoms with Crippen LogP contribution in [0.4, 0.5) is 11.4 Å². The monoisotopic (exact) mass is 391 g/mol. The van der Waals surface area contributed by atoms with Crippen LogP contribution in [0.25, 0.3) is 0 Å². The van der Waals surface area contributed by atoms with Gasteiger partial charge in [-0.2, -0.15) is 0 Å². The number of rotatable bonds is 7. The van der Waals surface area contributed by atoms with Crippen LogP contribution in [0.15, 0.2) is 18.2 Å². The Hall–Kier alpha value is -1.38. The number of carbonyl (C=O) groups excluding carboxylic acids is 1.